The average molecular weight is 306 g/mol. The van der Waals surface area contributed by atoms with Gasteiger partial charge in [0.05, 0.1) is 18.5 Å². The molecule has 6 nitrogen and oxygen atoms in total. The Labute approximate surface area is 133 Å². The molecule has 0 saturated heterocycles. The van der Waals surface area contributed by atoms with Gasteiger partial charge in [0.1, 0.15) is 17.8 Å². The van der Waals surface area contributed by atoms with E-state index in [9.17, 15) is 4.79 Å². The minimum Gasteiger partial charge on any atom is -0.496 e. The number of nitrogens with two attached hydrogens (primary N) is 1. The predicted octanol–water partition coefficient (Wildman–Crippen LogP) is 2.31. The van der Waals surface area contributed by atoms with E-state index >= 15 is 0 Å². The van der Waals surface area contributed by atoms with Crippen molar-refractivity contribution in [2.45, 2.75) is 0 Å². The predicted molar refractivity (Wildman–Crippen MR) is 85.8 cm³/mol. The summed E-state index contributed by atoms with van der Waals surface area (Å²) in [6, 6.07) is 12.8. The van der Waals surface area contributed by atoms with E-state index in [1.807, 2.05) is 24.3 Å². The van der Waals surface area contributed by atoms with Crippen molar-refractivity contribution in [3.8, 4) is 28.3 Å². The van der Waals surface area contributed by atoms with E-state index in [0.717, 1.165) is 5.56 Å². The number of primary amides is 1. The van der Waals surface area contributed by atoms with Crippen LogP contribution in [0.4, 0.5) is 0 Å². The Bertz CT molecular complexity index is 864. The van der Waals surface area contributed by atoms with Gasteiger partial charge in [0.15, 0.2) is 0 Å². The zero-order valence-electron chi connectivity index (χ0n) is 12.4. The minimum atomic E-state index is -0.599. The zero-order valence-corrected chi connectivity index (χ0v) is 12.4. The number of nitrogens with zero attached hydrogens (tertiary/aromatic N) is 3. The summed E-state index contributed by atoms with van der Waals surface area (Å²) in [4.78, 5) is 24.1. The fraction of sp³-hybridized carbons (Fsp3) is 0.0588. The fourth-order valence-electron chi connectivity index (χ4n) is 2.32. The SMILES string of the molecule is COc1ccccc1-c1cc(-c2cccnc2C(N)=O)ncn1. The molecule has 3 rings (SSSR count). The van der Waals surface area contributed by atoms with Crippen molar-refractivity contribution in [3.63, 3.8) is 0 Å². The normalized spacial score (nSPS) is 10.3. The first-order chi connectivity index (χ1) is 11.2. The fourth-order valence-corrected chi connectivity index (χ4v) is 2.32. The van der Waals surface area contributed by atoms with Gasteiger partial charge < -0.3 is 10.5 Å². The highest BCUT2D eigenvalue weighted by Crippen LogP contribution is 2.30. The molecule has 0 saturated carbocycles. The van der Waals surface area contributed by atoms with Crippen LogP contribution in [0.3, 0.4) is 0 Å². The summed E-state index contributed by atoms with van der Waals surface area (Å²) in [6.45, 7) is 0. The molecule has 0 fully saturated rings. The van der Waals surface area contributed by atoms with Crippen LogP contribution in [-0.2, 0) is 0 Å². The number of hydrogen-bond acceptors (Lipinski definition) is 5. The quantitative estimate of drug-likeness (QED) is 0.798. The molecule has 2 N–H and O–H groups in total. The second-order valence-electron chi connectivity index (χ2n) is 4.75. The number of benzene rings is 1. The third-order valence-corrected chi connectivity index (χ3v) is 3.37. The average Bonchev–Trinajstić information content (AvgIpc) is 2.61. The van der Waals surface area contributed by atoms with Crippen LogP contribution in [0.1, 0.15) is 10.5 Å². The number of rotatable bonds is 4. The summed E-state index contributed by atoms with van der Waals surface area (Å²) in [5.74, 6) is 0.108. The van der Waals surface area contributed by atoms with E-state index in [2.05, 4.69) is 15.0 Å². The standard InChI is InChI=1S/C17H14N4O2/c1-23-15-7-3-2-5-11(15)13-9-14(21-10-20-13)12-6-4-8-19-16(12)17(18)22/h2-10H,1H3,(H2,18,22). The molecule has 23 heavy (non-hydrogen) atoms. The lowest BCUT2D eigenvalue weighted by Crippen LogP contribution is -2.14. The maximum Gasteiger partial charge on any atom is 0.268 e. The lowest BCUT2D eigenvalue weighted by Gasteiger charge is -2.09. The number of para-hydroxylation sites is 1. The first kappa shape index (κ1) is 14.6. The molecule has 114 valence electrons. The molecule has 1 amide bonds. The first-order valence-corrected chi connectivity index (χ1v) is 6.91. The highest BCUT2D eigenvalue weighted by molar-refractivity contribution is 5.97. The van der Waals surface area contributed by atoms with E-state index in [1.165, 1.54) is 12.5 Å². The molecule has 0 spiro atoms. The topological polar surface area (TPSA) is 91.0 Å². The number of carbonyl (C=O) groups is 1. The molecular formula is C17H14N4O2. The van der Waals surface area contributed by atoms with Crippen molar-refractivity contribution in [2.75, 3.05) is 7.11 Å². The van der Waals surface area contributed by atoms with Gasteiger partial charge in [-0.1, -0.05) is 12.1 Å². The van der Waals surface area contributed by atoms with E-state index in [4.69, 9.17) is 10.5 Å². The largest absolute Gasteiger partial charge is 0.496 e. The highest BCUT2D eigenvalue weighted by Gasteiger charge is 2.14. The summed E-state index contributed by atoms with van der Waals surface area (Å²) in [6.07, 6.45) is 2.96. The van der Waals surface area contributed by atoms with Gasteiger partial charge in [0, 0.05) is 17.3 Å². The maximum absolute atomic E-state index is 11.5. The second-order valence-corrected chi connectivity index (χ2v) is 4.75. The molecule has 0 atom stereocenters. The van der Waals surface area contributed by atoms with Crippen molar-refractivity contribution in [1.82, 2.24) is 15.0 Å². The highest BCUT2D eigenvalue weighted by atomic mass is 16.5. The molecule has 6 heteroatoms. The number of aromatic nitrogens is 3. The first-order valence-electron chi connectivity index (χ1n) is 6.91. The Balaban J connectivity index is 2.13. The number of hydrogen-bond donors (Lipinski definition) is 1. The van der Waals surface area contributed by atoms with Crippen LogP contribution in [0.25, 0.3) is 22.5 Å². The van der Waals surface area contributed by atoms with E-state index in [-0.39, 0.29) is 5.69 Å². The van der Waals surface area contributed by atoms with Crippen LogP contribution < -0.4 is 10.5 Å². The van der Waals surface area contributed by atoms with Crippen LogP contribution >= 0.6 is 0 Å². The van der Waals surface area contributed by atoms with Crippen LogP contribution in [0, 0.1) is 0 Å². The minimum absolute atomic E-state index is 0.178. The van der Waals surface area contributed by atoms with Gasteiger partial charge in [0.2, 0.25) is 0 Å². The van der Waals surface area contributed by atoms with Crippen LogP contribution in [-0.4, -0.2) is 28.0 Å². The lowest BCUT2D eigenvalue weighted by atomic mass is 10.1. The Morgan fingerprint density at radius 1 is 1.00 bits per heavy atom. The molecular weight excluding hydrogens is 292 g/mol. The maximum atomic E-state index is 11.5. The van der Waals surface area contributed by atoms with Crippen molar-refractivity contribution >= 4 is 5.91 Å². The molecule has 1 aromatic carbocycles. The molecule has 2 heterocycles. The Hall–Kier alpha value is -3.28. The second kappa shape index (κ2) is 6.23. The zero-order chi connectivity index (χ0) is 16.2. The third-order valence-electron chi connectivity index (χ3n) is 3.37. The number of pyridine rings is 1. The van der Waals surface area contributed by atoms with Crippen molar-refractivity contribution in [1.29, 1.82) is 0 Å². The molecule has 0 aliphatic rings. The van der Waals surface area contributed by atoms with Crippen LogP contribution in [0.5, 0.6) is 5.75 Å². The monoisotopic (exact) mass is 306 g/mol. The molecule has 0 aliphatic heterocycles. The third kappa shape index (κ3) is 2.87. The molecule has 3 aromatic rings. The Morgan fingerprint density at radius 2 is 1.70 bits per heavy atom. The van der Waals surface area contributed by atoms with Crippen LogP contribution in [0.2, 0.25) is 0 Å². The molecule has 0 aliphatic carbocycles. The van der Waals surface area contributed by atoms with Crippen molar-refractivity contribution in [2.24, 2.45) is 5.73 Å². The summed E-state index contributed by atoms with van der Waals surface area (Å²) < 4.78 is 5.36. The molecule has 2 aromatic heterocycles. The number of ether oxygens (including phenoxy) is 1. The Morgan fingerprint density at radius 3 is 2.43 bits per heavy atom. The van der Waals surface area contributed by atoms with Gasteiger partial charge in [-0.15, -0.1) is 0 Å². The molecule has 0 radical (unpaired) electrons. The van der Waals surface area contributed by atoms with E-state index < -0.39 is 5.91 Å². The number of carbonyl (C=O) groups excluding carboxylic acids is 1. The van der Waals surface area contributed by atoms with Gasteiger partial charge in [-0.3, -0.25) is 9.78 Å². The van der Waals surface area contributed by atoms with Gasteiger partial charge in [-0.25, -0.2) is 9.97 Å². The van der Waals surface area contributed by atoms with Crippen LogP contribution in [0.15, 0.2) is 55.0 Å². The van der Waals surface area contributed by atoms with E-state index in [1.54, 1.807) is 25.3 Å². The van der Waals surface area contributed by atoms with Gasteiger partial charge in [-0.05, 0) is 30.3 Å². The van der Waals surface area contributed by atoms with Crippen molar-refractivity contribution < 1.29 is 9.53 Å². The molecule has 0 unspecified atom stereocenters. The molecule has 0 bridgehead atoms. The summed E-state index contributed by atoms with van der Waals surface area (Å²) in [5, 5.41) is 0. The number of methoxy groups -OCH3 is 1. The Kier molecular flexibility index (Phi) is 3.97. The summed E-state index contributed by atoms with van der Waals surface area (Å²) >= 11 is 0. The lowest BCUT2D eigenvalue weighted by molar-refractivity contribution is 0.0996. The van der Waals surface area contributed by atoms with E-state index in [0.29, 0.717) is 22.7 Å². The number of amides is 1. The van der Waals surface area contributed by atoms with Gasteiger partial charge in [0.25, 0.3) is 5.91 Å². The van der Waals surface area contributed by atoms with Gasteiger partial charge in [-0.2, -0.15) is 0 Å². The van der Waals surface area contributed by atoms with Gasteiger partial charge >= 0.3 is 0 Å². The summed E-state index contributed by atoms with van der Waals surface area (Å²) in [5.41, 5.74) is 8.22. The summed E-state index contributed by atoms with van der Waals surface area (Å²) in [7, 11) is 1.60. The smallest absolute Gasteiger partial charge is 0.268 e. The van der Waals surface area contributed by atoms with Crippen molar-refractivity contribution in [3.05, 3.63) is 60.7 Å².